The maximum Gasteiger partial charge on any atom is 0.330 e. The van der Waals surface area contributed by atoms with Gasteiger partial charge in [0.1, 0.15) is 6.20 Å². The number of nitro groups is 1. The molecule has 0 saturated heterocycles. The van der Waals surface area contributed by atoms with E-state index in [-0.39, 0.29) is 23.5 Å². The first-order chi connectivity index (χ1) is 9.58. The summed E-state index contributed by atoms with van der Waals surface area (Å²) in [5, 5.41) is 11.2. The lowest BCUT2D eigenvalue weighted by atomic mass is 10.1. The molecule has 2 N–H and O–H groups in total. The number of aromatic nitrogens is 2. The molecule has 102 valence electrons. The van der Waals surface area contributed by atoms with Crippen LogP contribution in [0.4, 0.5) is 23.1 Å². The first kappa shape index (κ1) is 12.3. The molecule has 2 aromatic rings. The van der Waals surface area contributed by atoms with Gasteiger partial charge in [-0.05, 0) is 25.0 Å². The maximum atomic E-state index is 11.2. The molecule has 7 heteroatoms. The fourth-order valence-electron chi connectivity index (χ4n) is 2.57. The largest absolute Gasteiger partial charge is 0.368 e. The van der Waals surface area contributed by atoms with E-state index in [9.17, 15) is 10.1 Å². The summed E-state index contributed by atoms with van der Waals surface area (Å²) in [6.45, 7) is 2.00. The summed E-state index contributed by atoms with van der Waals surface area (Å²) < 4.78 is 0. The minimum Gasteiger partial charge on any atom is -0.368 e. The lowest BCUT2D eigenvalue weighted by Gasteiger charge is -2.23. The van der Waals surface area contributed by atoms with E-state index < -0.39 is 4.92 Å². The SMILES string of the molecule is CC1Cc2ccccc2N1c1nc(N)ncc1[N+](=O)[O-]. The van der Waals surface area contributed by atoms with Crippen LogP contribution in [0, 0.1) is 10.1 Å². The van der Waals surface area contributed by atoms with E-state index in [1.807, 2.05) is 36.1 Å². The Labute approximate surface area is 115 Å². The van der Waals surface area contributed by atoms with Gasteiger partial charge in [0.25, 0.3) is 0 Å². The normalized spacial score (nSPS) is 17.1. The Kier molecular flexibility index (Phi) is 2.74. The van der Waals surface area contributed by atoms with Gasteiger partial charge in [0, 0.05) is 11.7 Å². The first-order valence-electron chi connectivity index (χ1n) is 6.22. The smallest absolute Gasteiger partial charge is 0.330 e. The number of nitrogen functional groups attached to an aromatic ring is 1. The van der Waals surface area contributed by atoms with E-state index in [0.29, 0.717) is 0 Å². The summed E-state index contributed by atoms with van der Waals surface area (Å²) in [6.07, 6.45) is 1.97. The molecule has 1 aliphatic heterocycles. The van der Waals surface area contributed by atoms with E-state index in [1.54, 1.807) is 0 Å². The number of nitrogens with two attached hydrogens (primary N) is 1. The predicted molar refractivity (Wildman–Crippen MR) is 74.8 cm³/mol. The highest BCUT2D eigenvalue weighted by Crippen LogP contribution is 2.40. The predicted octanol–water partition coefficient (Wildman–Crippen LogP) is 2.05. The second-order valence-corrected chi connectivity index (χ2v) is 4.75. The summed E-state index contributed by atoms with van der Waals surface area (Å²) in [5.41, 5.74) is 7.53. The van der Waals surface area contributed by atoms with Gasteiger partial charge < -0.3 is 10.6 Å². The van der Waals surface area contributed by atoms with Gasteiger partial charge in [-0.25, -0.2) is 4.98 Å². The molecule has 3 rings (SSSR count). The quantitative estimate of drug-likeness (QED) is 0.663. The molecule has 1 aliphatic rings. The van der Waals surface area contributed by atoms with Gasteiger partial charge in [0.05, 0.1) is 4.92 Å². The number of para-hydroxylation sites is 1. The number of anilines is 3. The van der Waals surface area contributed by atoms with Crippen molar-refractivity contribution in [3.8, 4) is 0 Å². The lowest BCUT2D eigenvalue weighted by Crippen LogP contribution is -2.26. The molecular formula is C13H13N5O2. The summed E-state index contributed by atoms with van der Waals surface area (Å²) in [5.74, 6) is 0.280. The van der Waals surface area contributed by atoms with E-state index in [1.165, 1.54) is 0 Å². The van der Waals surface area contributed by atoms with Crippen LogP contribution in [0.1, 0.15) is 12.5 Å². The number of rotatable bonds is 2. The van der Waals surface area contributed by atoms with E-state index in [4.69, 9.17) is 5.73 Å². The Morgan fingerprint density at radius 2 is 2.20 bits per heavy atom. The van der Waals surface area contributed by atoms with E-state index in [0.717, 1.165) is 23.9 Å². The summed E-state index contributed by atoms with van der Waals surface area (Å²) in [6, 6.07) is 7.89. The highest BCUT2D eigenvalue weighted by Gasteiger charge is 2.33. The highest BCUT2D eigenvalue weighted by molar-refractivity contribution is 5.74. The van der Waals surface area contributed by atoms with Crippen molar-refractivity contribution in [1.29, 1.82) is 0 Å². The minimum absolute atomic E-state index is 0.0298. The molecule has 0 aliphatic carbocycles. The van der Waals surface area contributed by atoms with Gasteiger partial charge in [-0.1, -0.05) is 18.2 Å². The molecule has 1 unspecified atom stereocenters. The maximum absolute atomic E-state index is 11.2. The first-order valence-corrected chi connectivity index (χ1v) is 6.22. The van der Waals surface area contributed by atoms with Crippen LogP contribution in [0.3, 0.4) is 0 Å². The Morgan fingerprint density at radius 3 is 2.95 bits per heavy atom. The molecule has 0 spiro atoms. The average Bonchev–Trinajstić information content (AvgIpc) is 2.73. The average molecular weight is 271 g/mol. The van der Waals surface area contributed by atoms with Crippen LogP contribution in [0.5, 0.6) is 0 Å². The highest BCUT2D eigenvalue weighted by atomic mass is 16.6. The molecule has 0 fully saturated rings. The molecular weight excluding hydrogens is 258 g/mol. The molecule has 0 saturated carbocycles. The molecule has 7 nitrogen and oxygen atoms in total. The summed E-state index contributed by atoms with van der Waals surface area (Å²) >= 11 is 0. The number of nitrogens with zero attached hydrogens (tertiary/aromatic N) is 4. The standard InChI is InChI=1S/C13H13N5O2/c1-8-6-9-4-2-3-5-10(9)17(8)12-11(18(19)20)7-15-13(14)16-12/h2-5,7-8H,6H2,1H3,(H2,14,15,16). The minimum atomic E-state index is -0.484. The van der Waals surface area contributed by atoms with Crippen LogP contribution in [0.25, 0.3) is 0 Å². The van der Waals surface area contributed by atoms with Crippen LogP contribution in [0.15, 0.2) is 30.5 Å². The zero-order chi connectivity index (χ0) is 14.3. The van der Waals surface area contributed by atoms with Gasteiger partial charge in [0.2, 0.25) is 11.8 Å². The second kappa shape index (κ2) is 4.44. The van der Waals surface area contributed by atoms with Crippen LogP contribution in [0.2, 0.25) is 0 Å². The Balaban J connectivity index is 2.18. The lowest BCUT2D eigenvalue weighted by molar-refractivity contribution is -0.384. The molecule has 1 atom stereocenters. The fraction of sp³-hybridized carbons (Fsp3) is 0.231. The molecule has 0 amide bonds. The fourth-order valence-corrected chi connectivity index (χ4v) is 2.57. The molecule has 0 bridgehead atoms. The van der Waals surface area contributed by atoms with Crippen molar-refractivity contribution in [1.82, 2.24) is 9.97 Å². The third-order valence-corrected chi connectivity index (χ3v) is 3.40. The van der Waals surface area contributed by atoms with Gasteiger partial charge in [-0.15, -0.1) is 0 Å². The molecule has 20 heavy (non-hydrogen) atoms. The molecule has 1 aromatic carbocycles. The van der Waals surface area contributed by atoms with Gasteiger partial charge in [-0.2, -0.15) is 4.98 Å². The Bertz CT molecular complexity index is 688. The van der Waals surface area contributed by atoms with E-state index >= 15 is 0 Å². The molecule has 1 aromatic heterocycles. The van der Waals surface area contributed by atoms with Gasteiger partial charge in [-0.3, -0.25) is 10.1 Å². The number of benzene rings is 1. The van der Waals surface area contributed by atoms with Crippen LogP contribution < -0.4 is 10.6 Å². The number of hydrogen-bond acceptors (Lipinski definition) is 6. The van der Waals surface area contributed by atoms with E-state index in [2.05, 4.69) is 9.97 Å². The Morgan fingerprint density at radius 1 is 1.45 bits per heavy atom. The summed E-state index contributed by atoms with van der Waals surface area (Å²) in [4.78, 5) is 20.3. The molecule has 2 heterocycles. The van der Waals surface area contributed by atoms with Crippen LogP contribution in [-0.4, -0.2) is 20.9 Å². The second-order valence-electron chi connectivity index (χ2n) is 4.75. The van der Waals surface area contributed by atoms with Crippen molar-refractivity contribution < 1.29 is 4.92 Å². The van der Waals surface area contributed by atoms with Crippen molar-refractivity contribution in [3.63, 3.8) is 0 Å². The topological polar surface area (TPSA) is 98.2 Å². The van der Waals surface area contributed by atoms with Crippen molar-refractivity contribution >= 4 is 23.1 Å². The Hall–Kier alpha value is -2.70. The molecule has 0 radical (unpaired) electrons. The third kappa shape index (κ3) is 1.83. The summed E-state index contributed by atoms with van der Waals surface area (Å²) in [7, 11) is 0. The van der Waals surface area contributed by atoms with Crippen molar-refractivity contribution in [3.05, 3.63) is 46.1 Å². The van der Waals surface area contributed by atoms with Gasteiger partial charge in [0.15, 0.2) is 0 Å². The number of fused-ring (bicyclic) bond motifs is 1. The van der Waals surface area contributed by atoms with Gasteiger partial charge >= 0.3 is 5.69 Å². The van der Waals surface area contributed by atoms with Crippen molar-refractivity contribution in [2.24, 2.45) is 0 Å². The van der Waals surface area contributed by atoms with Crippen LogP contribution in [-0.2, 0) is 6.42 Å². The van der Waals surface area contributed by atoms with Crippen molar-refractivity contribution in [2.75, 3.05) is 10.6 Å². The van der Waals surface area contributed by atoms with Crippen LogP contribution >= 0.6 is 0 Å². The number of hydrogen-bond donors (Lipinski definition) is 1. The zero-order valence-corrected chi connectivity index (χ0v) is 10.9. The van der Waals surface area contributed by atoms with Crippen molar-refractivity contribution in [2.45, 2.75) is 19.4 Å². The zero-order valence-electron chi connectivity index (χ0n) is 10.9. The third-order valence-electron chi connectivity index (χ3n) is 3.40. The monoisotopic (exact) mass is 271 g/mol.